The molecule has 1 amide bonds. The summed E-state index contributed by atoms with van der Waals surface area (Å²) in [5, 5.41) is 11.5. The van der Waals surface area contributed by atoms with Crippen LogP contribution in [0.4, 0.5) is 5.69 Å². The Morgan fingerprint density at radius 1 is 1.32 bits per heavy atom. The Bertz CT molecular complexity index is 530. The Morgan fingerprint density at radius 2 is 2.05 bits per heavy atom. The molecule has 4 heteroatoms. The van der Waals surface area contributed by atoms with Crippen LogP contribution in [0, 0.1) is 12.8 Å². The van der Waals surface area contributed by atoms with Crippen molar-refractivity contribution in [3.63, 3.8) is 0 Å². The summed E-state index contributed by atoms with van der Waals surface area (Å²) in [7, 11) is 0. The molecular weight excluding hydrogens is 242 g/mol. The molecule has 1 fully saturated rings. The van der Waals surface area contributed by atoms with Crippen molar-refractivity contribution in [3.8, 4) is 0 Å². The molecule has 0 radical (unpaired) electrons. The summed E-state index contributed by atoms with van der Waals surface area (Å²) in [5.74, 6) is -0.787. The number of carboxylic acids is 1. The number of anilines is 1. The molecule has 1 aromatic rings. The lowest BCUT2D eigenvalue weighted by atomic mass is 9.85. The van der Waals surface area contributed by atoms with E-state index in [1.54, 1.807) is 6.07 Å². The lowest BCUT2D eigenvalue weighted by Crippen LogP contribution is -2.28. The summed E-state index contributed by atoms with van der Waals surface area (Å²) >= 11 is 0. The van der Waals surface area contributed by atoms with Crippen molar-refractivity contribution in [1.29, 1.82) is 0 Å². The van der Waals surface area contributed by atoms with Crippen LogP contribution >= 0.6 is 0 Å². The number of amides is 1. The first kappa shape index (κ1) is 13.3. The van der Waals surface area contributed by atoms with E-state index in [1.165, 1.54) is 6.08 Å². The average Bonchev–Trinajstić information content (AvgIpc) is 2.22. The maximum atomic E-state index is 11.9. The third kappa shape index (κ3) is 3.68. The zero-order valence-corrected chi connectivity index (χ0v) is 10.8. The first-order valence-electron chi connectivity index (χ1n) is 6.38. The molecule has 1 aliphatic rings. The van der Waals surface area contributed by atoms with Gasteiger partial charge in [0.05, 0.1) is 0 Å². The smallest absolute Gasteiger partial charge is 0.328 e. The molecule has 1 saturated carbocycles. The van der Waals surface area contributed by atoms with Crippen LogP contribution in [-0.4, -0.2) is 17.0 Å². The van der Waals surface area contributed by atoms with E-state index >= 15 is 0 Å². The fraction of sp³-hybridized carbons (Fsp3) is 0.333. The van der Waals surface area contributed by atoms with Gasteiger partial charge in [0.25, 0.3) is 0 Å². The van der Waals surface area contributed by atoms with Crippen LogP contribution in [0.1, 0.15) is 30.4 Å². The summed E-state index contributed by atoms with van der Waals surface area (Å²) in [6.07, 6.45) is 5.66. The minimum atomic E-state index is -0.985. The van der Waals surface area contributed by atoms with E-state index in [0.717, 1.165) is 42.2 Å². The Labute approximate surface area is 112 Å². The van der Waals surface area contributed by atoms with Gasteiger partial charge in [0.2, 0.25) is 5.91 Å². The zero-order chi connectivity index (χ0) is 13.8. The van der Waals surface area contributed by atoms with Crippen molar-refractivity contribution in [2.75, 3.05) is 5.32 Å². The van der Waals surface area contributed by atoms with Gasteiger partial charge in [-0.15, -0.1) is 0 Å². The van der Waals surface area contributed by atoms with Crippen molar-refractivity contribution in [2.24, 2.45) is 5.92 Å². The summed E-state index contributed by atoms with van der Waals surface area (Å²) in [4.78, 5) is 22.4. The van der Waals surface area contributed by atoms with E-state index < -0.39 is 5.97 Å². The molecule has 0 aromatic heterocycles. The molecule has 2 rings (SSSR count). The van der Waals surface area contributed by atoms with Gasteiger partial charge in [0.15, 0.2) is 0 Å². The van der Waals surface area contributed by atoms with Crippen molar-refractivity contribution in [1.82, 2.24) is 0 Å². The topological polar surface area (TPSA) is 66.4 Å². The molecule has 19 heavy (non-hydrogen) atoms. The minimum absolute atomic E-state index is 0.0602. The Balaban J connectivity index is 2.11. The SMILES string of the molecule is Cc1cc(/C=C/C(=O)O)cc(NC(=O)C2CCC2)c1. The van der Waals surface area contributed by atoms with Gasteiger partial charge >= 0.3 is 5.97 Å². The fourth-order valence-electron chi connectivity index (χ4n) is 2.06. The maximum Gasteiger partial charge on any atom is 0.328 e. The molecule has 100 valence electrons. The van der Waals surface area contributed by atoms with Crippen LogP contribution in [0.2, 0.25) is 0 Å². The third-order valence-corrected chi connectivity index (χ3v) is 3.26. The van der Waals surface area contributed by atoms with E-state index in [2.05, 4.69) is 5.32 Å². The lowest BCUT2D eigenvalue weighted by molar-refractivity contribution is -0.131. The zero-order valence-electron chi connectivity index (χ0n) is 10.8. The van der Waals surface area contributed by atoms with Gasteiger partial charge in [-0.1, -0.05) is 12.5 Å². The molecule has 2 N–H and O–H groups in total. The summed E-state index contributed by atoms with van der Waals surface area (Å²) < 4.78 is 0. The lowest BCUT2D eigenvalue weighted by Gasteiger charge is -2.24. The molecule has 0 bridgehead atoms. The number of carboxylic acid groups (broad SMARTS) is 1. The van der Waals surface area contributed by atoms with Crippen LogP contribution in [0.15, 0.2) is 24.3 Å². The van der Waals surface area contributed by atoms with Crippen LogP contribution in [-0.2, 0) is 9.59 Å². The second-order valence-electron chi connectivity index (χ2n) is 4.92. The fourth-order valence-corrected chi connectivity index (χ4v) is 2.06. The highest BCUT2D eigenvalue weighted by Gasteiger charge is 2.25. The second-order valence-corrected chi connectivity index (χ2v) is 4.92. The number of carbonyl (C=O) groups is 2. The quantitative estimate of drug-likeness (QED) is 0.817. The summed E-state index contributed by atoms with van der Waals surface area (Å²) in [5.41, 5.74) is 2.48. The number of rotatable bonds is 4. The van der Waals surface area contributed by atoms with E-state index in [0.29, 0.717) is 0 Å². The average molecular weight is 259 g/mol. The van der Waals surface area contributed by atoms with E-state index in [1.807, 2.05) is 19.1 Å². The Hall–Kier alpha value is -2.10. The van der Waals surface area contributed by atoms with Gasteiger partial charge in [0, 0.05) is 17.7 Å². The molecule has 0 unspecified atom stereocenters. The molecule has 0 aliphatic heterocycles. The number of carbonyl (C=O) groups excluding carboxylic acids is 1. The van der Waals surface area contributed by atoms with Crippen LogP contribution in [0.5, 0.6) is 0 Å². The molecule has 0 atom stereocenters. The molecular formula is C15H17NO3. The number of aryl methyl sites for hydroxylation is 1. The third-order valence-electron chi connectivity index (χ3n) is 3.26. The molecule has 0 heterocycles. The largest absolute Gasteiger partial charge is 0.478 e. The van der Waals surface area contributed by atoms with Gasteiger partial charge in [0.1, 0.15) is 0 Å². The normalized spacial score (nSPS) is 15.2. The predicted octanol–water partition coefficient (Wildman–Crippen LogP) is 2.83. The van der Waals surface area contributed by atoms with Gasteiger partial charge < -0.3 is 10.4 Å². The molecule has 1 aromatic carbocycles. The number of hydrogen-bond donors (Lipinski definition) is 2. The van der Waals surface area contributed by atoms with E-state index in [4.69, 9.17) is 5.11 Å². The predicted molar refractivity (Wildman–Crippen MR) is 73.8 cm³/mol. The van der Waals surface area contributed by atoms with Crippen molar-refractivity contribution in [2.45, 2.75) is 26.2 Å². The standard InChI is InChI=1S/C15H17NO3/c1-10-7-11(5-6-14(17)18)9-13(8-10)16-15(19)12-3-2-4-12/h5-9,12H,2-4H2,1H3,(H,16,19)(H,17,18)/b6-5+. The van der Waals surface area contributed by atoms with Crippen molar-refractivity contribution < 1.29 is 14.7 Å². The molecule has 1 aliphatic carbocycles. The minimum Gasteiger partial charge on any atom is -0.478 e. The Kier molecular flexibility index (Phi) is 4.00. The second kappa shape index (κ2) is 5.69. The summed E-state index contributed by atoms with van der Waals surface area (Å²) in [6, 6.07) is 5.54. The number of hydrogen-bond acceptors (Lipinski definition) is 2. The van der Waals surface area contributed by atoms with Crippen molar-refractivity contribution in [3.05, 3.63) is 35.4 Å². The van der Waals surface area contributed by atoms with Gasteiger partial charge in [-0.3, -0.25) is 4.79 Å². The highest BCUT2D eigenvalue weighted by atomic mass is 16.4. The van der Waals surface area contributed by atoms with Crippen LogP contribution in [0.25, 0.3) is 6.08 Å². The highest BCUT2D eigenvalue weighted by molar-refractivity contribution is 5.93. The van der Waals surface area contributed by atoms with Crippen LogP contribution in [0.3, 0.4) is 0 Å². The number of nitrogens with one attached hydrogen (secondary N) is 1. The first-order chi connectivity index (χ1) is 9.04. The molecule has 0 spiro atoms. The van der Waals surface area contributed by atoms with E-state index in [9.17, 15) is 9.59 Å². The Morgan fingerprint density at radius 3 is 2.63 bits per heavy atom. The van der Waals surface area contributed by atoms with E-state index in [-0.39, 0.29) is 11.8 Å². The van der Waals surface area contributed by atoms with Gasteiger partial charge in [-0.25, -0.2) is 4.79 Å². The van der Waals surface area contributed by atoms with Crippen molar-refractivity contribution >= 4 is 23.6 Å². The van der Waals surface area contributed by atoms with Gasteiger partial charge in [-0.2, -0.15) is 0 Å². The van der Waals surface area contributed by atoms with Crippen LogP contribution < -0.4 is 5.32 Å². The summed E-state index contributed by atoms with van der Waals surface area (Å²) in [6.45, 7) is 1.91. The first-order valence-corrected chi connectivity index (χ1v) is 6.38. The number of benzene rings is 1. The highest BCUT2D eigenvalue weighted by Crippen LogP contribution is 2.28. The maximum absolute atomic E-state index is 11.9. The monoisotopic (exact) mass is 259 g/mol. The molecule has 4 nitrogen and oxygen atoms in total. The molecule has 0 saturated heterocycles. The number of aliphatic carboxylic acids is 1. The van der Waals surface area contributed by atoms with Gasteiger partial charge in [-0.05, 0) is 49.1 Å².